The highest BCUT2D eigenvalue weighted by Gasteiger charge is 2.20. The molecule has 0 aliphatic carbocycles. The van der Waals surface area contributed by atoms with Gasteiger partial charge in [0, 0.05) is 12.8 Å². The third-order valence-electron chi connectivity index (χ3n) is 11.5. The van der Waals surface area contributed by atoms with Crippen molar-refractivity contribution in [2.24, 2.45) is 0 Å². The first-order chi connectivity index (χ1) is 28.0. The van der Waals surface area contributed by atoms with E-state index in [1.807, 2.05) is 0 Å². The lowest BCUT2D eigenvalue weighted by molar-refractivity contribution is -0.143. The fraction of sp³-hybridized carbons (Fsp3) is 0.882. The Labute approximate surface area is 354 Å². The van der Waals surface area contributed by atoms with Crippen LogP contribution in [0, 0.1) is 0 Å². The highest BCUT2D eigenvalue weighted by molar-refractivity contribution is 5.76. The Morgan fingerprint density at radius 3 is 1.37 bits per heavy atom. The number of nitrogens with one attached hydrogen (secondary N) is 1. The maximum atomic E-state index is 12.4. The maximum absolute atomic E-state index is 12.4. The van der Waals surface area contributed by atoms with Crippen LogP contribution in [0.4, 0.5) is 0 Å². The molecule has 1 amide bonds. The smallest absolute Gasteiger partial charge is 0.305 e. The van der Waals surface area contributed by atoms with E-state index in [1.165, 1.54) is 173 Å². The van der Waals surface area contributed by atoms with Crippen molar-refractivity contribution < 1.29 is 24.5 Å². The van der Waals surface area contributed by atoms with Gasteiger partial charge in [-0.2, -0.15) is 0 Å². The number of carbonyl (C=O) groups is 2. The molecule has 0 saturated heterocycles. The largest absolute Gasteiger partial charge is 0.466 e. The molecule has 0 fully saturated rings. The molecule has 0 heterocycles. The molecule has 0 spiro atoms. The van der Waals surface area contributed by atoms with Gasteiger partial charge in [-0.15, -0.1) is 0 Å². The van der Waals surface area contributed by atoms with Crippen molar-refractivity contribution in [3.05, 3.63) is 24.3 Å². The van der Waals surface area contributed by atoms with E-state index in [9.17, 15) is 19.8 Å². The van der Waals surface area contributed by atoms with Gasteiger partial charge >= 0.3 is 5.97 Å². The average molecular weight is 804 g/mol. The zero-order chi connectivity index (χ0) is 41.5. The molecule has 6 nitrogen and oxygen atoms in total. The maximum Gasteiger partial charge on any atom is 0.305 e. The van der Waals surface area contributed by atoms with Crippen LogP contribution in [0.1, 0.15) is 264 Å². The molecule has 0 aromatic rings. The van der Waals surface area contributed by atoms with Crippen LogP contribution in [0.2, 0.25) is 0 Å². The third-order valence-corrected chi connectivity index (χ3v) is 11.5. The summed E-state index contributed by atoms with van der Waals surface area (Å²) in [6.45, 7) is 4.88. The number of esters is 1. The number of unbranched alkanes of at least 4 members (excludes halogenated alkanes) is 31. The number of allylic oxidation sites excluding steroid dienone is 4. The van der Waals surface area contributed by atoms with E-state index in [4.69, 9.17) is 4.74 Å². The van der Waals surface area contributed by atoms with Crippen molar-refractivity contribution in [2.45, 2.75) is 276 Å². The minimum Gasteiger partial charge on any atom is -0.466 e. The molecule has 0 radical (unpaired) electrons. The molecule has 0 bridgehead atoms. The number of aliphatic hydroxyl groups is 2. The normalized spacial score (nSPS) is 12.8. The fourth-order valence-corrected chi connectivity index (χ4v) is 7.61. The van der Waals surface area contributed by atoms with Gasteiger partial charge in [0.05, 0.1) is 25.4 Å². The summed E-state index contributed by atoms with van der Waals surface area (Å²) >= 11 is 0. The second-order valence-corrected chi connectivity index (χ2v) is 17.1. The van der Waals surface area contributed by atoms with Gasteiger partial charge in [-0.25, -0.2) is 0 Å². The van der Waals surface area contributed by atoms with Crippen LogP contribution in [0.5, 0.6) is 0 Å². The standard InChI is InChI=1S/C51H97NO5/c1-3-5-7-9-11-13-14-15-16-17-18-22-25-29-33-37-41-45-51(56)57-46-42-38-34-30-26-23-20-19-21-24-28-32-36-40-44-50(55)52-48(47-53)49(54)43-39-35-31-27-12-10-8-6-4-2/h11,13,15-16,48-49,53-54H,3-10,12,14,17-47H2,1-2H3,(H,52,55)/b13-11-,16-15-. The first-order valence-corrected chi connectivity index (χ1v) is 25.1. The van der Waals surface area contributed by atoms with Crippen LogP contribution >= 0.6 is 0 Å². The van der Waals surface area contributed by atoms with Crippen LogP contribution in [0.25, 0.3) is 0 Å². The predicted molar refractivity (Wildman–Crippen MR) is 246 cm³/mol. The van der Waals surface area contributed by atoms with E-state index in [1.54, 1.807) is 0 Å². The van der Waals surface area contributed by atoms with Crippen LogP contribution in [0.15, 0.2) is 24.3 Å². The summed E-state index contributed by atoms with van der Waals surface area (Å²) < 4.78 is 5.46. The van der Waals surface area contributed by atoms with Crippen LogP contribution < -0.4 is 5.32 Å². The highest BCUT2D eigenvalue weighted by Crippen LogP contribution is 2.16. The summed E-state index contributed by atoms with van der Waals surface area (Å²) in [7, 11) is 0. The molecular formula is C51H97NO5. The molecule has 2 unspecified atom stereocenters. The first-order valence-electron chi connectivity index (χ1n) is 25.1. The Morgan fingerprint density at radius 2 is 0.877 bits per heavy atom. The first kappa shape index (κ1) is 55.3. The minimum atomic E-state index is -0.669. The van der Waals surface area contributed by atoms with Gasteiger partial charge in [0.2, 0.25) is 5.91 Å². The molecule has 0 aliphatic rings. The van der Waals surface area contributed by atoms with Crippen LogP contribution in [-0.2, 0) is 14.3 Å². The number of hydrogen-bond acceptors (Lipinski definition) is 5. The van der Waals surface area contributed by atoms with Gasteiger partial charge in [0.1, 0.15) is 0 Å². The molecule has 0 aromatic carbocycles. The van der Waals surface area contributed by atoms with Crippen molar-refractivity contribution >= 4 is 11.9 Å². The summed E-state index contributed by atoms with van der Waals surface area (Å²) in [4.78, 5) is 24.4. The molecule has 6 heteroatoms. The Balaban J connectivity index is 3.41. The molecule has 3 N–H and O–H groups in total. The van der Waals surface area contributed by atoms with E-state index >= 15 is 0 Å². The number of ether oxygens (including phenoxy) is 1. The van der Waals surface area contributed by atoms with Gasteiger partial charge in [-0.1, -0.05) is 218 Å². The summed E-state index contributed by atoms with van der Waals surface area (Å²) in [5.74, 6) is -0.0592. The van der Waals surface area contributed by atoms with Crippen molar-refractivity contribution in [1.82, 2.24) is 5.32 Å². The van der Waals surface area contributed by atoms with Crippen molar-refractivity contribution in [3.8, 4) is 0 Å². The van der Waals surface area contributed by atoms with Gasteiger partial charge in [-0.3, -0.25) is 9.59 Å². The molecule has 0 aromatic heterocycles. The zero-order valence-corrected chi connectivity index (χ0v) is 38.1. The van der Waals surface area contributed by atoms with Crippen molar-refractivity contribution in [1.29, 1.82) is 0 Å². The Bertz CT molecular complexity index is 889. The second kappa shape index (κ2) is 47.0. The number of hydrogen-bond donors (Lipinski definition) is 3. The number of aliphatic hydroxyl groups excluding tert-OH is 2. The number of carbonyl (C=O) groups excluding carboxylic acids is 2. The van der Waals surface area contributed by atoms with Crippen molar-refractivity contribution in [2.75, 3.05) is 13.2 Å². The molecule has 0 aliphatic heterocycles. The van der Waals surface area contributed by atoms with Gasteiger partial charge in [0.15, 0.2) is 0 Å². The molecular weight excluding hydrogens is 707 g/mol. The summed E-state index contributed by atoms with van der Waals surface area (Å²) in [6, 6.07) is -0.547. The summed E-state index contributed by atoms with van der Waals surface area (Å²) in [5.41, 5.74) is 0. The highest BCUT2D eigenvalue weighted by atomic mass is 16.5. The van der Waals surface area contributed by atoms with Gasteiger partial charge in [-0.05, 0) is 57.8 Å². The predicted octanol–water partition coefficient (Wildman–Crippen LogP) is 14.7. The van der Waals surface area contributed by atoms with Crippen LogP contribution in [0.3, 0.4) is 0 Å². The SMILES string of the molecule is CCCCC/C=C\C/C=C\CCCCCCCCCC(=O)OCCCCCCCCCCCCCCCCC(=O)NC(CO)C(O)CCCCCCCCCCC. The van der Waals surface area contributed by atoms with Gasteiger partial charge < -0.3 is 20.3 Å². The quantitative estimate of drug-likeness (QED) is 0.0324. The Morgan fingerprint density at radius 1 is 0.491 bits per heavy atom. The fourth-order valence-electron chi connectivity index (χ4n) is 7.61. The number of rotatable bonds is 46. The summed E-state index contributed by atoms with van der Waals surface area (Å²) in [6.07, 6.45) is 54.3. The second-order valence-electron chi connectivity index (χ2n) is 17.1. The van der Waals surface area contributed by atoms with Gasteiger partial charge in [0.25, 0.3) is 0 Å². The molecule has 0 saturated carbocycles. The third kappa shape index (κ3) is 43.7. The lowest BCUT2D eigenvalue weighted by Crippen LogP contribution is -2.45. The lowest BCUT2D eigenvalue weighted by Gasteiger charge is -2.22. The van der Waals surface area contributed by atoms with E-state index in [-0.39, 0.29) is 18.5 Å². The van der Waals surface area contributed by atoms with E-state index in [2.05, 4.69) is 43.5 Å². The van der Waals surface area contributed by atoms with E-state index in [0.717, 1.165) is 57.8 Å². The molecule has 336 valence electrons. The lowest BCUT2D eigenvalue weighted by atomic mass is 10.0. The summed E-state index contributed by atoms with van der Waals surface area (Å²) in [5, 5.41) is 23.0. The van der Waals surface area contributed by atoms with E-state index < -0.39 is 12.1 Å². The molecule has 0 rings (SSSR count). The van der Waals surface area contributed by atoms with Crippen molar-refractivity contribution in [3.63, 3.8) is 0 Å². The zero-order valence-electron chi connectivity index (χ0n) is 38.1. The topological polar surface area (TPSA) is 95.9 Å². The molecule has 57 heavy (non-hydrogen) atoms. The Kier molecular flexibility index (Phi) is 45.7. The molecule has 2 atom stereocenters. The van der Waals surface area contributed by atoms with Crippen LogP contribution in [-0.4, -0.2) is 47.4 Å². The monoisotopic (exact) mass is 804 g/mol. The average Bonchev–Trinajstić information content (AvgIpc) is 3.21. The van der Waals surface area contributed by atoms with E-state index in [0.29, 0.717) is 25.9 Å². The minimum absolute atomic E-state index is 0.0105. The number of amides is 1. The Hall–Kier alpha value is -1.66.